The van der Waals surface area contributed by atoms with Crippen LogP contribution in [0, 0.1) is 0 Å². The fourth-order valence-electron chi connectivity index (χ4n) is 2.59. The molecule has 0 saturated heterocycles. The number of hydrogen-bond acceptors (Lipinski definition) is 5. The van der Waals surface area contributed by atoms with Gasteiger partial charge in [-0.25, -0.2) is 0 Å². The topological polar surface area (TPSA) is 103 Å². The van der Waals surface area contributed by atoms with E-state index in [0.29, 0.717) is 28.8 Å². The van der Waals surface area contributed by atoms with Crippen LogP contribution in [-0.2, 0) is 6.18 Å². The van der Waals surface area contributed by atoms with E-state index >= 15 is 0 Å². The lowest BCUT2D eigenvalue weighted by Crippen LogP contribution is -2.25. The van der Waals surface area contributed by atoms with Crippen LogP contribution in [0.5, 0.6) is 5.75 Å². The van der Waals surface area contributed by atoms with Crippen molar-refractivity contribution in [2.24, 2.45) is 0 Å². The molecule has 2 aromatic rings. The highest BCUT2D eigenvalue weighted by molar-refractivity contribution is 6.23. The molecule has 1 aliphatic rings. The molecule has 0 radical (unpaired) electrons. The normalized spacial score (nSPS) is 13.7. The summed E-state index contributed by atoms with van der Waals surface area (Å²) in [7, 11) is 0. The van der Waals surface area contributed by atoms with Gasteiger partial charge >= 0.3 is 12.8 Å². The third-order valence-corrected chi connectivity index (χ3v) is 3.70. The number of halogens is 5. The molecule has 0 aliphatic carbocycles. The van der Waals surface area contributed by atoms with E-state index in [4.69, 9.17) is 5.73 Å². The molecular weight excluding hydrogens is 381 g/mol. The Morgan fingerprint density at radius 1 is 1.07 bits per heavy atom. The summed E-state index contributed by atoms with van der Waals surface area (Å²) in [5.74, 6) is -3.38. The average molecular weight is 389 g/mol. The first-order valence-corrected chi connectivity index (χ1v) is 7.08. The number of imide groups is 1. The zero-order valence-electron chi connectivity index (χ0n) is 12.9. The van der Waals surface area contributed by atoms with Gasteiger partial charge in [0.25, 0.3) is 17.4 Å². The van der Waals surface area contributed by atoms with Crippen LogP contribution in [0.3, 0.4) is 0 Å². The zero-order chi connectivity index (χ0) is 20.1. The molecule has 3 rings (SSSR count). The van der Waals surface area contributed by atoms with Gasteiger partial charge in [-0.2, -0.15) is 22.0 Å². The Balaban J connectivity index is 2.33. The highest BCUT2D eigenvalue weighted by atomic mass is 19.4. The summed E-state index contributed by atoms with van der Waals surface area (Å²) >= 11 is 0. The Kier molecular flexibility index (Phi) is 4.13. The molecule has 2 amide bonds. The van der Waals surface area contributed by atoms with E-state index in [1.54, 1.807) is 0 Å². The van der Waals surface area contributed by atoms with E-state index in [1.165, 1.54) is 0 Å². The molecule has 0 bridgehead atoms. The smallest absolute Gasteiger partial charge is 0.416 e. The van der Waals surface area contributed by atoms with Crippen molar-refractivity contribution in [2.75, 3.05) is 5.73 Å². The number of nitrogen functional groups attached to an aromatic ring is 1. The molecule has 0 spiro atoms. The number of anilines is 1. The second kappa shape index (κ2) is 6.07. The molecule has 2 heterocycles. The van der Waals surface area contributed by atoms with Gasteiger partial charge in [-0.15, -0.1) is 0 Å². The number of carbonyl (C=O) groups excluding carboxylic acids is 2. The molecule has 1 aromatic carbocycles. The van der Waals surface area contributed by atoms with Crippen molar-refractivity contribution in [1.82, 2.24) is 9.88 Å². The number of nitrogens with two attached hydrogens (primary N) is 1. The van der Waals surface area contributed by atoms with Crippen LogP contribution in [0.25, 0.3) is 5.69 Å². The molecule has 0 atom stereocenters. The van der Waals surface area contributed by atoms with Crippen LogP contribution in [0.2, 0.25) is 0 Å². The zero-order valence-corrected chi connectivity index (χ0v) is 12.9. The Morgan fingerprint density at radius 3 is 2.33 bits per heavy atom. The number of rotatable bonds is 3. The summed E-state index contributed by atoms with van der Waals surface area (Å²) in [5, 5.41) is 1.87. The number of pyridine rings is 1. The van der Waals surface area contributed by atoms with Crippen molar-refractivity contribution in [3.8, 4) is 11.4 Å². The van der Waals surface area contributed by atoms with E-state index in [-0.39, 0.29) is 5.56 Å². The molecular formula is C15H8F5N3O4. The maximum atomic E-state index is 13.0. The number of aromatic nitrogens is 1. The van der Waals surface area contributed by atoms with Crippen LogP contribution < -0.4 is 21.3 Å². The molecule has 0 unspecified atom stereocenters. The van der Waals surface area contributed by atoms with Crippen molar-refractivity contribution in [3.05, 3.63) is 51.3 Å². The van der Waals surface area contributed by atoms with Crippen molar-refractivity contribution in [1.29, 1.82) is 0 Å². The summed E-state index contributed by atoms with van der Waals surface area (Å²) < 4.78 is 68.8. The van der Waals surface area contributed by atoms with Crippen molar-refractivity contribution < 1.29 is 36.3 Å². The lowest BCUT2D eigenvalue weighted by Gasteiger charge is -2.18. The Morgan fingerprint density at radius 2 is 1.74 bits per heavy atom. The second-order valence-corrected chi connectivity index (χ2v) is 5.33. The monoisotopic (exact) mass is 389 g/mol. The summed E-state index contributed by atoms with van der Waals surface area (Å²) in [6.45, 7) is -3.41. The summed E-state index contributed by atoms with van der Waals surface area (Å²) in [6, 6.07) is 2.11. The summed E-state index contributed by atoms with van der Waals surface area (Å²) in [5.41, 5.74) is 1.72. The van der Waals surface area contributed by atoms with E-state index in [2.05, 4.69) is 4.74 Å². The highest BCUT2D eigenvalue weighted by Gasteiger charge is 2.35. The van der Waals surface area contributed by atoms with Gasteiger partial charge in [0.1, 0.15) is 11.6 Å². The third-order valence-electron chi connectivity index (χ3n) is 3.70. The number of amides is 2. The fraction of sp³-hybridized carbons (Fsp3) is 0.133. The predicted molar refractivity (Wildman–Crippen MR) is 79.9 cm³/mol. The number of fused-ring (bicyclic) bond motifs is 1. The lowest BCUT2D eigenvalue weighted by atomic mass is 10.1. The molecule has 0 fully saturated rings. The number of ether oxygens (including phenoxy) is 1. The van der Waals surface area contributed by atoms with Gasteiger partial charge in [0, 0.05) is 6.07 Å². The maximum Gasteiger partial charge on any atom is 0.416 e. The van der Waals surface area contributed by atoms with Crippen LogP contribution in [0.1, 0.15) is 26.3 Å². The van der Waals surface area contributed by atoms with E-state index in [0.717, 1.165) is 0 Å². The first-order valence-electron chi connectivity index (χ1n) is 7.08. The average Bonchev–Trinajstić information content (AvgIpc) is 2.81. The number of carbonyl (C=O) groups is 2. The van der Waals surface area contributed by atoms with Crippen LogP contribution in [-0.4, -0.2) is 23.0 Å². The summed E-state index contributed by atoms with van der Waals surface area (Å²) in [6.07, 6.45) is -4.86. The second-order valence-electron chi connectivity index (χ2n) is 5.33. The minimum absolute atomic E-state index is 0.372. The largest absolute Gasteiger partial charge is 0.433 e. The van der Waals surface area contributed by atoms with Gasteiger partial charge in [0.05, 0.1) is 22.4 Å². The number of nitrogens with zero attached hydrogens (tertiary/aromatic N) is 1. The van der Waals surface area contributed by atoms with E-state index < -0.39 is 58.5 Å². The lowest BCUT2D eigenvalue weighted by molar-refractivity contribution is -0.137. The molecule has 12 heteroatoms. The molecule has 142 valence electrons. The van der Waals surface area contributed by atoms with Crippen LogP contribution in [0.15, 0.2) is 29.1 Å². The van der Waals surface area contributed by atoms with Gasteiger partial charge in [-0.1, -0.05) is 0 Å². The van der Waals surface area contributed by atoms with Crippen LogP contribution >= 0.6 is 0 Å². The molecule has 3 N–H and O–H groups in total. The van der Waals surface area contributed by atoms with Gasteiger partial charge in [-0.05, 0) is 18.2 Å². The van der Waals surface area contributed by atoms with Gasteiger partial charge in [0.15, 0.2) is 0 Å². The first kappa shape index (κ1) is 18.4. The van der Waals surface area contributed by atoms with Gasteiger partial charge in [0.2, 0.25) is 0 Å². The molecule has 1 aromatic heterocycles. The number of nitrogens with one attached hydrogen (secondary N) is 1. The SMILES string of the molecule is Nc1c2c(cc(=O)n1-c1cc(C(F)(F)F)ccc1OC(F)F)C(=O)NC2=O. The van der Waals surface area contributed by atoms with E-state index in [1.807, 2.05) is 5.32 Å². The van der Waals surface area contributed by atoms with Crippen molar-refractivity contribution in [2.45, 2.75) is 12.8 Å². The Bertz CT molecular complexity index is 1030. The number of hydrogen-bond donors (Lipinski definition) is 2. The molecule has 1 aliphatic heterocycles. The Hall–Kier alpha value is -3.44. The maximum absolute atomic E-state index is 13.0. The highest BCUT2D eigenvalue weighted by Crippen LogP contribution is 2.35. The minimum Gasteiger partial charge on any atom is -0.433 e. The van der Waals surface area contributed by atoms with E-state index in [9.17, 15) is 36.3 Å². The molecule has 7 nitrogen and oxygen atoms in total. The minimum atomic E-state index is -4.86. The molecule has 27 heavy (non-hydrogen) atoms. The summed E-state index contributed by atoms with van der Waals surface area (Å²) in [4.78, 5) is 35.8. The van der Waals surface area contributed by atoms with Gasteiger partial charge < -0.3 is 10.5 Å². The number of benzene rings is 1. The van der Waals surface area contributed by atoms with Crippen molar-refractivity contribution >= 4 is 17.6 Å². The van der Waals surface area contributed by atoms with Crippen LogP contribution in [0.4, 0.5) is 27.8 Å². The first-order chi connectivity index (χ1) is 12.5. The predicted octanol–water partition coefficient (Wildman–Crippen LogP) is 1.92. The van der Waals surface area contributed by atoms with Crippen molar-refractivity contribution in [3.63, 3.8) is 0 Å². The fourth-order valence-corrected chi connectivity index (χ4v) is 2.59. The van der Waals surface area contributed by atoms with Gasteiger partial charge in [-0.3, -0.25) is 24.3 Å². The standard InChI is InChI=1S/C15H8F5N3O4/c16-14(17)27-8-2-1-5(15(18,19)20)3-7(8)23-9(24)4-6-10(11(23)21)13(26)22-12(6)25/h1-4,14H,21H2,(H,22,25,26). The molecule has 0 saturated carbocycles. The quantitative estimate of drug-likeness (QED) is 0.617. The Labute approximate surface area is 146 Å². The third kappa shape index (κ3) is 3.09. The number of alkyl halides is 5.